The van der Waals surface area contributed by atoms with E-state index < -0.39 is 70.6 Å². The Balaban J connectivity index is 1.39. The van der Waals surface area contributed by atoms with Gasteiger partial charge in [0.2, 0.25) is 15.7 Å². The lowest BCUT2D eigenvalue weighted by molar-refractivity contribution is -0.144. The molecule has 4 rings (SSSR count). The van der Waals surface area contributed by atoms with Crippen LogP contribution in [0.3, 0.4) is 0 Å². The number of nitrogens with zero attached hydrogens (tertiary/aromatic N) is 2. The van der Waals surface area contributed by atoms with Crippen molar-refractivity contribution in [2.45, 2.75) is 41.6 Å². The number of fused-ring (bicyclic) bond motifs is 2. The number of imide groups is 1. The molecule has 0 radical (unpaired) electrons. The summed E-state index contributed by atoms with van der Waals surface area (Å²) in [6.45, 7) is -0.663. The molecule has 1 atom stereocenters. The maximum Gasteiger partial charge on any atom is 0.417 e. The predicted molar refractivity (Wildman–Crippen MR) is 195 cm³/mol. The number of urea groups is 1. The number of carbonyl (C=O) groups is 7. The molecule has 1 aliphatic heterocycles. The summed E-state index contributed by atoms with van der Waals surface area (Å²) >= 11 is 6.16. The van der Waals surface area contributed by atoms with Gasteiger partial charge in [-0.3, -0.25) is 19.2 Å². The first kappa shape index (κ1) is 41.7. The average Bonchev–Trinajstić information content (AvgIpc) is 3.24. The number of carbonyl (C=O) groups excluding carboxylic acids is 7. The van der Waals surface area contributed by atoms with Crippen molar-refractivity contribution in [2.75, 3.05) is 45.9 Å². The van der Waals surface area contributed by atoms with Crippen molar-refractivity contribution in [3.63, 3.8) is 0 Å². The fraction of sp³-hybridized carbons (Fsp3) is 0.306. The number of rotatable bonds is 14. The van der Waals surface area contributed by atoms with Gasteiger partial charge in [-0.1, -0.05) is 35.9 Å². The maximum absolute atomic E-state index is 13.9. The highest BCUT2D eigenvalue weighted by atomic mass is 35.5. The molecule has 0 saturated heterocycles. The van der Waals surface area contributed by atoms with Gasteiger partial charge >= 0.3 is 24.1 Å². The molecular formula is C36H38ClN5O12S. The zero-order valence-corrected chi connectivity index (χ0v) is 31.5. The molecule has 0 aliphatic carbocycles. The number of hydrogen-bond donors (Lipinski definition) is 3. The topological polar surface area (TPSA) is 224 Å². The van der Waals surface area contributed by atoms with Crippen molar-refractivity contribution >= 4 is 68.9 Å². The molecule has 3 N–H and O–H groups in total. The van der Waals surface area contributed by atoms with Gasteiger partial charge in [0, 0.05) is 43.1 Å². The zero-order chi connectivity index (χ0) is 40.3. The largest absolute Gasteiger partial charge is 0.469 e. The molecule has 0 fully saturated rings. The third-order valence-corrected chi connectivity index (χ3v) is 10.3. The molecule has 17 nitrogen and oxygen atoms in total. The number of sulfone groups is 1. The van der Waals surface area contributed by atoms with Crippen LogP contribution in [0.2, 0.25) is 5.02 Å². The Morgan fingerprint density at radius 3 is 2.25 bits per heavy atom. The number of methoxy groups -OCH3 is 3. The number of esters is 2. The van der Waals surface area contributed by atoms with Crippen LogP contribution in [-0.2, 0) is 45.0 Å². The maximum atomic E-state index is 13.9. The van der Waals surface area contributed by atoms with E-state index in [1.54, 1.807) is 30.3 Å². The van der Waals surface area contributed by atoms with Crippen LogP contribution in [-0.4, -0.2) is 102 Å². The van der Waals surface area contributed by atoms with Crippen LogP contribution in [0.5, 0.6) is 0 Å². The smallest absolute Gasteiger partial charge is 0.417 e. The van der Waals surface area contributed by atoms with Gasteiger partial charge in [0.1, 0.15) is 6.04 Å². The molecule has 6 amide bonds. The first-order valence-electron chi connectivity index (χ1n) is 16.6. The second kappa shape index (κ2) is 18.8. The van der Waals surface area contributed by atoms with E-state index in [9.17, 15) is 42.0 Å². The molecule has 0 aromatic heterocycles. The fourth-order valence-electron chi connectivity index (χ4n) is 5.47. The van der Waals surface area contributed by atoms with Crippen molar-refractivity contribution in [1.82, 2.24) is 20.9 Å². The molecule has 0 saturated carbocycles. The lowest BCUT2D eigenvalue weighted by Crippen LogP contribution is -2.51. The van der Waals surface area contributed by atoms with E-state index in [4.69, 9.17) is 11.6 Å². The molecule has 3 aromatic carbocycles. The zero-order valence-electron chi connectivity index (χ0n) is 30.0. The lowest BCUT2D eigenvalue weighted by atomic mass is 10.1. The Morgan fingerprint density at radius 2 is 1.56 bits per heavy atom. The minimum atomic E-state index is -4.28. The summed E-state index contributed by atoms with van der Waals surface area (Å²) in [6.07, 6.45) is -1.95. The number of anilines is 1. The summed E-state index contributed by atoms with van der Waals surface area (Å²) in [4.78, 5) is 89.8. The van der Waals surface area contributed by atoms with E-state index in [1.165, 1.54) is 41.3 Å². The number of amides is 6. The third kappa shape index (κ3) is 10.4. The van der Waals surface area contributed by atoms with E-state index in [0.29, 0.717) is 15.5 Å². The van der Waals surface area contributed by atoms with Crippen LogP contribution in [0.25, 0.3) is 0 Å². The van der Waals surface area contributed by atoms with Gasteiger partial charge in [0.25, 0.3) is 11.8 Å². The Bertz CT molecular complexity index is 2090. The van der Waals surface area contributed by atoms with Crippen LogP contribution in [0, 0.1) is 0 Å². The Morgan fingerprint density at radius 1 is 0.836 bits per heavy atom. The lowest BCUT2D eigenvalue weighted by Gasteiger charge is -2.23. The predicted octanol–water partition coefficient (Wildman–Crippen LogP) is 2.84. The molecule has 1 aliphatic rings. The van der Waals surface area contributed by atoms with E-state index in [1.807, 2.05) is 0 Å². The van der Waals surface area contributed by atoms with Crippen LogP contribution in [0.15, 0.2) is 76.5 Å². The first-order chi connectivity index (χ1) is 26.2. The standard InChI is InChI=1S/C36H38ClN5O12S/c1-52-31(44)14-12-26(34(47)53-2)40-35(48)41(36(49)54-3)18-15-30(43)38-16-17-39-32(45)23-11-13-27-29(20-23)55(50,51)28-10-5-4-9-25(28)33(46)42(27)21-22-7-6-8-24(37)19-22/h4-11,13,19-20,26H,12,14-18,21H2,1-3H3,(H,38,43)(H,39,45)(H,40,48). The van der Waals surface area contributed by atoms with Crippen LogP contribution in [0.1, 0.15) is 45.5 Å². The van der Waals surface area contributed by atoms with Crippen molar-refractivity contribution in [1.29, 1.82) is 0 Å². The van der Waals surface area contributed by atoms with Crippen molar-refractivity contribution in [3.8, 4) is 0 Å². The highest BCUT2D eigenvalue weighted by Gasteiger charge is 2.36. The summed E-state index contributed by atoms with van der Waals surface area (Å²) in [5.74, 6) is -3.37. The molecule has 19 heteroatoms. The van der Waals surface area contributed by atoms with Gasteiger partial charge in [-0.15, -0.1) is 0 Å². The van der Waals surface area contributed by atoms with Crippen molar-refractivity contribution in [3.05, 3.63) is 88.4 Å². The fourth-order valence-corrected chi connectivity index (χ4v) is 7.36. The highest BCUT2D eigenvalue weighted by Crippen LogP contribution is 2.38. The average molecular weight is 800 g/mol. The molecule has 1 unspecified atom stereocenters. The summed E-state index contributed by atoms with van der Waals surface area (Å²) in [7, 11) is -1.04. The van der Waals surface area contributed by atoms with E-state index in [0.717, 1.165) is 21.3 Å². The summed E-state index contributed by atoms with van der Waals surface area (Å²) in [5.41, 5.74) is 0.661. The van der Waals surface area contributed by atoms with Gasteiger partial charge in [0.15, 0.2) is 0 Å². The van der Waals surface area contributed by atoms with Gasteiger partial charge < -0.3 is 35.1 Å². The van der Waals surface area contributed by atoms with E-state index in [2.05, 4.69) is 30.2 Å². The number of hydrogen-bond acceptors (Lipinski definition) is 12. The molecule has 0 spiro atoms. The van der Waals surface area contributed by atoms with Crippen LogP contribution >= 0.6 is 11.6 Å². The minimum Gasteiger partial charge on any atom is -0.469 e. The summed E-state index contributed by atoms with van der Waals surface area (Å²) in [5, 5.41) is 7.83. The summed E-state index contributed by atoms with van der Waals surface area (Å²) in [6, 6.07) is 14.1. The monoisotopic (exact) mass is 799 g/mol. The quantitative estimate of drug-likeness (QED) is 0.122. The molecule has 1 heterocycles. The third-order valence-electron chi connectivity index (χ3n) is 8.27. The Kier molecular flexibility index (Phi) is 14.3. The van der Waals surface area contributed by atoms with Crippen LogP contribution < -0.4 is 20.9 Å². The second-order valence-corrected chi connectivity index (χ2v) is 14.1. The molecule has 0 bridgehead atoms. The molecular weight excluding hydrogens is 762 g/mol. The summed E-state index contributed by atoms with van der Waals surface area (Å²) < 4.78 is 41.7. The van der Waals surface area contributed by atoms with Gasteiger partial charge in [-0.25, -0.2) is 27.7 Å². The molecule has 3 aromatic rings. The normalized spacial score (nSPS) is 13.2. The van der Waals surface area contributed by atoms with Gasteiger partial charge in [-0.05, 0) is 54.4 Å². The Labute approximate surface area is 321 Å². The van der Waals surface area contributed by atoms with Crippen molar-refractivity contribution in [2.24, 2.45) is 0 Å². The van der Waals surface area contributed by atoms with E-state index >= 15 is 0 Å². The molecule has 55 heavy (non-hydrogen) atoms. The SMILES string of the molecule is COC(=O)CCC(NC(=O)N(CCC(=O)NCCNC(=O)c1ccc2c(c1)S(=O)(=O)c1ccccc1C(=O)N2Cc1cccc(Cl)c1)C(=O)OC)C(=O)OC. The van der Waals surface area contributed by atoms with Crippen LogP contribution in [0.4, 0.5) is 15.3 Å². The first-order valence-corrected chi connectivity index (χ1v) is 18.5. The van der Waals surface area contributed by atoms with Crippen molar-refractivity contribution < 1.29 is 56.2 Å². The molecule has 292 valence electrons. The van der Waals surface area contributed by atoms with E-state index in [-0.39, 0.29) is 59.1 Å². The van der Waals surface area contributed by atoms with Gasteiger partial charge in [0.05, 0.1) is 48.9 Å². The number of nitrogens with one attached hydrogen (secondary N) is 3. The second-order valence-electron chi connectivity index (χ2n) is 11.8. The highest BCUT2D eigenvalue weighted by molar-refractivity contribution is 7.91. The number of ether oxygens (including phenoxy) is 3. The number of halogens is 1. The minimum absolute atomic E-state index is 0.00535. The number of benzene rings is 3. The van der Waals surface area contributed by atoms with Gasteiger partial charge in [-0.2, -0.15) is 0 Å². The Hall–Kier alpha value is -6.01.